The molecule has 0 aliphatic carbocycles. The number of aliphatic carboxylic acids is 2. The molecule has 0 bridgehead atoms. The molecule has 0 spiro atoms. The largest absolute Gasteiger partial charge is 0.481 e. The lowest BCUT2D eigenvalue weighted by Gasteiger charge is -2.46. The van der Waals surface area contributed by atoms with Crippen LogP contribution in [0.5, 0.6) is 0 Å². The number of hydrogen-bond donors (Lipinski definition) is 3. The number of hydrogen-bond acceptors (Lipinski definition) is 3. The monoisotopic (exact) mass is 245 g/mol. The van der Waals surface area contributed by atoms with Gasteiger partial charge < -0.3 is 15.9 Å². The van der Waals surface area contributed by atoms with Crippen molar-refractivity contribution in [3.63, 3.8) is 0 Å². The van der Waals surface area contributed by atoms with Crippen LogP contribution in [0.4, 0.5) is 0 Å². The fourth-order valence-corrected chi connectivity index (χ4v) is 2.13. The lowest BCUT2D eigenvalue weighted by atomic mass is 9.59. The van der Waals surface area contributed by atoms with Crippen LogP contribution in [0.2, 0.25) is 0 Å². The van der Waals surface area contributed by atoms with E-state index in [-0.39, 0.29) is 0 Å². The molecule has 1 unspecified atom stereocenters. The summed E-state index contributed by atoms with van der Waals surface area (Å²) < 4.78 is 0. The predicted octanol–water partition coefficient (Wildman–Crippen LogP) is 1.56. The van der Waals surface area contributed by atoms with Crippen LogP contribution >= 0.6 is 0 Å². The van der Waals surface area contributed by atoms with Gasteiger partial charge in [0.05, 0.1) is 5.92 Å². The summed E-state index contributed by atoms with van der Waals surface area (Å²) in [7, 11) is 0. The standard InChI is InChI=1S/C12H23NO4/c1-10(2,3)7(8(14)15)12(13,9(16)17)11(4,5)6/h7H,13H2,1-6H3,(H,14,15)(H,16,17)/t7?,12-/m0/s1. The summed E-state index contributed by atoms with van der Waals surface area (Å²) >= 11 is 0. The summed E-state index contributed by atoms with van der Waals surface area (Å²) in [6, 6.07) is 0. The molecule has 5 heteroatoms. The van der Waals surface area contributed by atoms with Crippen molar-refractivity contribution in [3.05, 3.63) is 0 Å². The molecular formula is C12H23NO4. The van der Waals surface area contributed by atoms with Gasteiger partial charge in [-0.05, 0) is 10.8 Å². The molecule has 0 aromatic rings. The van der Waals surface area contributed by atoms with Crippen molar-refractivity contribution < 1.29 is 19.8 Å². The van der Waals surface area contributed by atoms with E-state index in [1.54, 1.807) is 41.5 Å². The second kappa shape index (κ2) is 4.29. The fraction of sp³-hybridized carbons (Fsp3) is 0.833. The van der Waals surface area contributed by atoms with Gasteiger partial charge in [0.25, 0.3) is 0 Å². The Morgan fingerprint density at radius 3 is 1.41 bits per heavy atom. The number of carboxylic acids is 2. The molecule has 4 N–H and O–H groups in total. The predicted molar refractivity (Wildman–Crippen MR) is 64.6 cm³/mol. The highest BCUT2D eigenvalue weighted by atomic mass is 16.4. The normalized spacial score (nSPS) is 18.3. The van der Waals surface area contributed by atoms with Gasteiger partial charge in [0.15, 0.2) is 0 Å². The first-order chi connectivity index (χ1) is 7.26. The molecule has 100 valence electrons. The molecule has 0 heterocycles. The molecule has 0 aliphatic rings. The summed E-state index contributed by atoms with van der Waals surface area (Å²) in [5, 5.41) is 18.7. The van der Waals surface area contributed by atoms with Crippen molar-refractivity contribution in [1.29, 1.82) is 0 Å². The third-order valence-electron chi connectivity index (χ3n) is 3.16. The third-order valence-corrected chi connectivity index (χ3v) is 3.16. The zero-order chi connectivity index (χ0) is 14.2. The molecule has 2 atom stereocenters. The van der Waals surface area contributed by atoms with Gasteiger partial charge in [-0.15, -0.1) is 0 Å². The summed E-state index contributed by atoms with van der Waals surface area (Å²) in [4.78, 5) is 22.9. The first-order valence-corrected chi connectivity index (χ1v) is 5.51. The average molecular weight is 245 g/mol. The van der Waals surface area contributed by atoms with Crippen LogP contribution in [0, 0.1) is 16.7 Å². The van der Waals surface area contributed by atoms with Gasteiger partial charge in [-0.1, -0.05) is 41.5 Å². The van der Waals surface area contributed by atoms with Gasteiger partial charge in [-0.2, -0.15) is 0 Å². The lowest BCUT2D eigenvalue weighted by molar-refractivity contribution is -0.167. The van der Waals surface area contributed by atoms with Gasteiger partial charge in [-0.25, -0.2) is 0 Å². The Labute approximate surface area is 102 Å². The molecule has 0 aliphatic heterocycles. The summed E-state index contributed by atoms with van der Waals surface area (Å²) in [6.07, 6.45) is 0. The van der Waals surface area contributed by atoms with Crippen molar-refractivity contribution in [3.8, 4) is 0 Å². The highest BCUT2D eigenvalue weighted by Crippen LogP contribution is 2.43. The van der Waals surface area contributed by atoms with Crippen molar-refractivity contribution in [2.24, 2.45) is 22.5 Å². The van der Waals surface area contributed by atoms with Gasteiger partial charge >= 0.3 is 11.9 Å². The number of carboxylic acid groups (broad SMARTS) is 2. The maximum absolute atomic E-state index is 11.5. The van der Waals surface area contributed by atoms with Crippen molar-refractivity contribution in [2.75, 3.05) is 0 Å². The van der Waals surface area contributed by atoms with Crippen LogP contribution < -0.4 is 5.73 Å². The van der Waals surface area contributed by atoms with Crippen molar-refractivity contribution >= 4 is 11.9 Å². The third kappa shape index (κ3) is 2.77. The summed E-state index contributed by atoms with van der Waals surface area (Å²) in [5.74, 6) is -3.64. The van der Waals surface area contributed by atoms with E-state index in [4.69, 9.17) is 5.73 Å². The van der Waals surface area contributed by atoms with Crippen LogP contribution in [0.1, 0.15) is 41.5 Å². The van der Waals surface area contributed by atoms with Crippen LogP contribution in [0.3, 0.4) is 0 Å². The molecule has 0 rings (SSSR count). The molecule has 0 aromatic heterocycles. The molecule has 17 heavy (non-hydrogen) atoms. The molecule has 0 fully saturated rings. The van der Waals surface area contributed by atoms with Crippen LogP contribution in [-0.2, 0) is 9.59 Å². The quantitative estimate of drug-likeness (QED) is 0.700. The Morgan fingerprint density at radius 2 is 1.35 bits per heavy atom. The SMILES string of the molecule is CC(C)(C)C(C(=O)O)[C@](N)(C(=O)O)C(C)(C)C. The lowest BCUT2D eigenvalue weighted by Crippen LogP contribution is -2.67. The molecule has 0 radical (unpaired) electrons. The van der Waals surface area contributed by atoms with E-state index >= 15 is 0 Å². The summed E-state index contributed by atoms with van der Waals surface area (Å²) in [6.45, 7) is 9.97. The van der Waals surface area contributed by atoms with E-state index in [2.05, 4.69) is 0 Å². The number of nitrogens with two attached hydrogens (primary N) is 1. The van der Waals surface area contributed by atoms with Gasteiger partial charge in [-0.3, -0.25) is 9.59 Å². The number of rotatable bonds is 3. The average Bonchev–Trinajstić information content (AvgIpc) is 1.97. The maximum atomic E-state index is 11.5. The number of carbonyl (C=O) groups is 2. The molecule has 0 aromatic carbocycles. The molecule has 0 saturated heterocycles. The van der Waals surface area contributed by atoms with E-state index in [9.17, 15) is 19.8 Å². The Balaban J connectivity index is 5.92. The first-order valence-electron chi connectivity index (χ1n) is 5.51. The summed E-state index contributed by atoms with van der Waals surface area (Å²) in [5.41, 5.74) is 2.54. The highest BCUT2D eigenvalue weighted by molar-refractivity contribution is 5.88. The second-order valence-electron chi connectivity index (χ2n) is 6.56. The molecule has 5 nitrogen and oxygen atoms in total. The van der Waals surface area contributed by atoms with E-state index in [1.165, 1.54) is 0 Å². The minimum absolute atomic E-state index is 0.744. The van der Waals surface area contributed by atoms with Crippen molar-refractivity contribution in [1.82, 2.24) is 0 Å². The molecule has 0 saturated carbocycles. The topological polar surface area (TPSA) is 101 Å². The van der Waals surface area contributed by atoms with E-state index in [0.29, 0.717) is 0 Å². The maximum Gasteiger partial charge on any atom is 0.325 e. The van der Waals surface area contributed by atoms with Crippen molar-refractivity contribution in [2.45, 2.75) is 47.1 Å². The molecule has 0 amide bonds. The van der Waals surface area contributed by atoms with Gasteiger partial charge in [0.1, 0.15) is 5.54 Å². The first kappa shape index (κ1) is 15.9. The Kier molecular flexibility index (Phi) is 4.01. The van der Waals surface area contributed by atoms with Gasteiger partial charge in [0.2, 0.25) is 0 Å². The second-order valence-corrected chi connectivity index (χ2v) is 6.56. The van der Waals surface area contributed by atoms with E-state index < -0.39 is 34.2 Å². The van der Waals surface area contributed by atoms with E-state index in [0.717, 1.165) is 0 Å². The van der Waals surface area contributed by atoms with Gasteiger partial charge in [0, 0.05) is 0 Å². The minimum atomic E-state index is -1.82. The van der Waals surface area contributed by atoms with Crippen LogP contribution in [0.25, 0.3) is 0 Å². The zero-order valence-corrected chi connectivity index (χ0v) is 11.4. The smallest absolute Gasteiger partial charge is 0.325 e. The van der Waals surface area contributed by atoms with Crippen LogP contribution in [0.15, 0.2) is 0 Å². The van der Waals surface area contributed by atoms with Crippen LogP contribution in [-0.4, -0.2) is 27.7 Å². The highest BCUT2D eigenvalue weighted by Gasteiger charge is 2.58. The molecular weight excluding hydrogens is 222 g/mol. The zero-order valence-electron chi connectivity index (χ0n) is 11.4. The Hall–Kier alpha value is -1.10. The Bertz CT molecular complexity index is 324. The fourth-order valence-electron chi connectivity index (χ4n) is 2.13. The Morgan fingerprint density at radius 1 is 1.00 bits per heavy atom. The van der Waals surface area contributed by atoms with E-state index in [1.807, 2.05) is 0 Å². The minimum Gasteiger partial charge on any atom is -0.481 e.